The van der Waals surface area contributed by atoms with E-state index in [4.69, 9.17) is 4.74 Å². The molecule has 0 bridgehead atoms. The van der Waals surface area contributed by atoms with Crippen LogP contribution in [0.2, 0.25) is 0 Å². The van der Waals surface area contributed by atoms with Gasteiger partial charge in [-0.1, -0.05) is 27.7 Å². The quantitative estimate of drug-likeness (QED) is 0.691. The molecule has 0 rings (SSSR count). The molecule has 0 fully saturated rings. The molecule has 0 aliphatic heterocycles. The summed E-state index contributed by atoms with van der Waals surface area (Å²) in [5.74, 6) is 1.45. The zero-order chi connectivity index (χ0) is 9.72. The van der Waals surface area contributed by atoms with Crippen LogP contribution in [0.4, 0.5) is 0 Å². The molecular weight excluding hydrogens is 166 g/mol. The lowest BCUT2D eigenvalue weighted by Crippen LogP contribution is -2.22. The van der Waals surface area contributed by atoms with Gasteiger partial charge in [-0.15, -0.1) is 0 Å². The third-order valence-corrected chi connectivity index (χ3v) is 2.19. The van der Waals surface area contributed by atoms with E-state index in [1.54, 1.807) is 0 Å². The Balaban J connectivity index is 0. The van der Waals surface area contributed by atoms with Crippen LogP contribution in [0.1, 0.15) is 34.6 Å². The maximum absolute atomic E-state index is 10.6. The van der Waals surface area contributed by atoms with Crippen molar-refractivity contribution in [3.8, 4) is 0 Å². The van der Waals surface area contributed by atoms with Crippen molar-refractivity contribution in [3.05, 3.63) is 0 Å². The third-order valence-electron chi connectivity index (χ3n) is 2.19. The van der Waals surface area contributed by atoms with Gasteiger partial charge >= 0.3 is 5.97 Å². The fourth-order valence-electron chi connectivity index (χ4n) is 1.37. The molecule has 0 aromatic heterocycles. The predicted molar refractivity (Wildman–Crippen MR) is 54.8 cm³/mol. The van der Waals surface area contributed by atoms with E-state index in [0.717, 1.165) is 0 Å². The molecule has 0 aliphatic carbocycles. The van der Waals surface area contributed by atoms with E-state index in [9.17, 15) is 4.79 Å². The van der Waals surface area contributed by atoms with Crippen molar-refractivity contribution in [2.24, 2.45) is 17.8 Å². The molecule has 0 heterocycles. The van der Waals surface area contributed by atoms with Gasteiger partial charge in [-0.3, -0.25) is 4.79 Å². The zero-order valence-electron chi connectivity index (χ0n) is 9.46. The number of rotatable bonds is 4. The molecule has 3 nitrogen and oxygen atoms in total. The Morgan fingerprint density at radius 2 is 1.54 bits per heavy atom. The Bertz CT molecular complexity index is 136. The van der Waals surface area contributed by atoms with Gasteiger partial charge in [0.05, 0.1) is 6.61 Å². The molecule has 0 saturated heterocycles. The summed E-state index contributed by atoms with van der Waals surface area (Å²) in [6.45, 7) is 10.7. The Kier molecular flexibility index (Phi) is 7.92. The average molecular weight is 189 g/mol. The fourth-order valence-corrected chi connectivity index (χ4v) is 1.37. The van der Waals surface area contributed by atoms with Gasteiger partial charge in [0.25, 0.3) is 0 Å². The van der Waals surface area contributed by atoms with Crippen LogP contribution in [0, 0.1) is 17.8 Å². The minimum atomic E-state index is -0.179. The van der Waals surface area contributed by atoms with E-state index in [2.05, 4.69) is 27.7 Å². The van der Waals surface area contributed by atoms with Crippen molar-refractivity contribution >= 4 is 5.97 Å². The summed E-state index contributed by atoms with van der Waals surface area (Å²) in [4.78, 5) is 10.6. The van der Waals surface area contributed by atoms with Crippen LogP contribution in [0.25, 0.3) is 0 Å². The molecule has 0 amide bonds. The third kappa shape index (κ3) is 6.58. The van der Waals surface area contributed by atoms with Crippen LogP contribution < -0.4 is 6.15 Å². The first-order chi connectivity index (χ1) is 5.45. The lowest BCUT2D eigenvalue weighted by Gasteiger charge is -2.23. The average Bonchev–Trinajstić information content (AvgIpc) is 1.84. The number of esters is 1. The number of carbonyl (C=O) groups excluding carboxylic acids is 1. The molecule has 80 valence electrons. The van der Waals surface area contributed by atoms with Crippen LogP contribution >= 0.6 is 0 Å². The van der Waals surface area contributed by atoms with Crippen LogP contribution in [0.15, 0.2) is 0 Å². The number of hydrogen-bond donors (Lipinski definition) is 1. The van der Waals surface area contributed by atoms with Crippen molar-refractivity contribution in [3.63, 3.8) is 0 Å². The largest absolute Gasteiger partial charge is 0.466 e. The Hall–Kier alpha value is -0.570. The van der Waals surface area contributed by atoms with Crippen molar-refractivity contribution < 1.29 is 9.53 Å². The molecule has 0 atom stereocenters. The fraction of sp³-hybridized carbons (Fsp3) is 0.900. The Morgan fingerprint density at radius 1 is 1.15 bits per heavy atom. The predicted octanol–water partition coefficient (Wildman–Crippen LogP) is 2.64. The summed E-state index contributed by atoms with van der Waals surface area (Å²) in [7, 11) is 0. The molecule has 13 heavy (non-hydrogen) atoms. The Morgan fingerprint density at radius 3 is 1.77 bits per heavy atom. The monoisotopic (exact) mass is 189 g/mol. The molecule has 3 heteroatoms. The highest BCUT2D eigenvalue weighted by atomic mass is 16.5. The van der Waals surface area contributed by atoms with E-state index in [-0.39, 0.29) is 12.1 Å². The summed E-state index contributed by atoms with van der Waals surface area (Å²) >= 11 is 0. The van der Waals surface area contributed by atoms with Crippen LogP contribution in [0.3, 0.4) is 0 Å². The van der Waals surface area contributed by atoms with Gasteiger partial charge in [-0.2, -0.15) is 0 Å². The SMILES string of the molecule is CC(=O)OCC(C(C)C)C(C)C.N. The number of ether oxygens (including phenoxy) is 1. The first kappa shape index (κ1) is 14.9. The second-order valence-corrected chi connectivity index (χ2v) is 3.95. The molecule has 0 aromatic rings. The molecule has 0 spiro atoms. The van der Waals surface area contributed by atoms with E-state index in [1.165, 1.54) is 6.92 Å². The molecule has 0 aliphatic rings. The summed E-state index contributed by atoms with van der Waals surface area (Å²) in [6, 6.07) is 0. The van der Waals surface area contributed by atoms with E-state index < -0.39 is 0 Å². The highest BCUT2D eigenvalue weighted by Gasteiger charge is 2.18. The maximum Gasteiger partial charge on any atom is 0.302 e. The maximum atomic E-state index is 10.6. The zero-order valence-corrected chi connectivity index (χ0v) is 9.46. The van der Waals surface area contributed by atoms with Gasteiger partial charge in [0.1, 0.15) is 0 Å². The topological polar surface area (TPSA) is 61.3 Å². The summed E-state index contributed by atoms with van der Waals surface area (Å²) < 4.78 is 4.99. The van der Waals surface area contributed by atoms with Crippen LogP contribution in [-0.2, 0) is 9.53 Å². The van der Waals surface area contributed by atoms with Gasteiger partial charge < -0.3 is 10.9 Å². The summed E-state index contributed by atoms with van der Waals surface area (Å²) in [6.07, 6.45) is 0. The van der Waals surface area contributed by atoms with Gasteiger partial charge in [0.15, 0.2) is 0 Å². The van der Waals surface area contributed by atoms with Crippen molar-refractivity contribution in [1.29, 1.82) is 0 Å². The van der Waals surface area contributed by atoms with E-state index in [1.807, 2.05) is 0 Å². The molecule has 0 unspecified atom stereocenters. The minimum absolute atomic E-state index is 0. The smallest absolute Gasteiger partial charge is 0.302 e. The summed E-state index contributed by atoms with van der Waals surface area (Å²) in [5, 5.41) is 0. The molecule has 0 saturated carbocycles. The highest BCUT2D eigenvalue weighted by Crippen LogP contribution is 2.20. The first-order valence-electron chi connectivity index (χ1n) is 4.58. The Labute approximate surface area is 81.4 Å². The molecular formula is C10H23NO2. The lowest BCUT2D eigenvalue weighted by atomic mass is 9.86. The van der Waals surface area contributed by atoms with Gasteiger partial charge in [-0.05, 0) is 17.8 Å². The van der Waals surface area contributed by atoms with Gasteiger partial charge in [0, 0.05) is 6.92 Å². The standard InChI is InChI=1S/C10H20O2.H3N/c1-7(2)10(8(3)4)6-12-9(5)11;/h7-8,10H,6H2,1-5H3;1H3. The number of hydrogen-bond acceptors (Lipinski definition) is 3. The lowest BCUT2D eigenvalue weighted by molar-refractivity contribution is -0.143. The van der Waals surface area contributed by atoms with E-state index >= 15 is 0 Å². The van der Waals surface area contributed by atoms with Crippen molar-refractivity contribution in [1.82, 2.24) is 6.15 Å². The first-order valence-corrected chi connectivity index (χ1v) is 4.58. The van der Waals surface area contributed by atoms with Crippen LogP contribution in [0.5, 0.6) is 0 Å². The van der Waals surface area contributed by atoms with Crippen LogP contribution in [-0.4, -0.2) is 12.6 Å². The second kappa shape index (κ2) is 6.89. The van der Waals surface area contributed by atoms with E-state index in [0.29, 0.717) is 24.4 Å². The number of carbonyl (C=O) groups is 1. The minimum Gasteiger partial charge on any atom is -0.466 e. The highest BCUT2D eigenvalue weighted by molar-refractivity contribution is 5.65. The molecule has 3 N–H and O–H groups in total. The second-order valence-electron chi connectivity index (χ2n) is 3.95. The van der Waals surface area contributed by atoms with Gasteiger partial charge in [0.2, 0.25) is 0 Å². The van der Waals surface area contributed by atoms with Crippen molar-refractivity contribution in [2.45, 2.75) is 34.6 Å². The summed E-state index contributed by atoms with van der Waals surface area (Å²) in [5.41, 5.74) is 0. The molecule has 0 aromatic carbocycles. The van der Waals surface area contributed by atoms with Gasteiger partial charge in [-0.25, -0.2) is 0 Å². The molecule has 0 radical (unpaired) electrons. The van der Waals surface area contributed by atoms with Crippen molar-refractivity contribution in [2.75, 3.05) is 6.61 Å². The normalized spacial score (nSPS) is 10.5.